The SMILES string of the molecule is COc1cc(/C=C2/C(=O)NC(=S)N(C)C2=O)c(Br)cc1OCc1cccc([N+](=O)[O-])c1. The summed E-state index contributed by atoms with van der Waals surface area (Å²) in [6.07, 6.45) is 1.42. The second-order valence-corrected chi connectivity index (χ2v) is 7.66. The molecule has 1 fully saturated rings. The number of nitrogens with zero attached hydrogens (tertiary/aromatic N) is 2. The predicted octanol–water partition coefficient (Wildman–Crippen LogP) is 3.20. The maximum absolute atomic E-state index is 12.4. The van der Waals surface area contributed by atoms with Crippen molar-refractivity contribution in [3.05, 3.63) is 67.7 Å². The van der Waals surface area contributed by atoms with Crippen molar-refractivity contribution >= 4 is 56.8 Å². The van der Waals surface area contributed by atoms with Crippen LogP contribution in [0.3, 0.4) is 0 Å². The van der Waals surface area contributed by atoms with Gasteiger partial charge in [0, 0.05) is 23.7 Å². The van der Waals surface area contributed by atoms with Gasteiger partial charge in [0.05, 0.1) is 12.0 Å². The number of non-ortho nitro benzene ring substituents is 1. The fraction of sp³-hybridized carbons (Fsp3) is 0.150. The van der Waals surface area contributed by atoms with Crippen molar-refractivity contribution in [3.8, 4) is 11.5 Å². The average molecular weight is 506 g/mol. The van der Waals surface area contributed by atoms with Crippen LogP contribution in [-0.4, -0.2) is 40.9 Å². The summed E-state index contributed by atoms with van der Waals surface area (Å²) in [5.41, 5.74) is 1.02. The zero-order chi connectivity index (χ0) is 22.7. The fourth-order valence-corrected chi connectivity index (χ4v) is 3.37. The molecule has 2 amide bonds. The number of carbonyl (C=O) groups is 2. The molecule has 0 atom stereocenters. The number of likely N-dealkylation sites (N-methyl/N-ethyl adjacent to an activating group) is 1. The number of carbonyl (C=O) groups excluding carboxylic acids is 2. The quantitative estimate of drug-likeness (QED) is 0.211. The van der Waals surface area contributed by atoms with Gasteiger partial charge in [-0.1, -0.05) is 28.1 Å². The molecule has 0 aliphatic carbocycles. The Kier molecular flexibility index (Phi) is 6.66. The van der Waals surface area contributed by atoms with Gasteiger partial charge < -0.3 is 9.47 Å². The van der Waals surface area contributed by atoms with Crippen LogP contribution in [0, 0.1) is 10.1 Å². The number of hydrogen-bond acceptors (Lipinski definition) is 7. The highest BCUT2D eigenvalue weighted by atomic mass is 79.9. The first-order valence-corrected chi connectivity index (χ1v) is 10.00. The van der Waals surface area contributed by atoms with E-state index in [0.29, 0.717) is 27.1 Å². The van der Waals surface area contributed by atoms with Gasteiger partial charge in [0.25, 0.3) is 17.5 Å². The molecular formula is C20H16BrN3O6S. The number of amides is 2. The van der Waals surface area contributed by atoms with Gasteiger partial charge in [0.15, 0.2) is 16.6 Å². The zero-order valence-corrected chi connectivity index (χ0v) is 18.8. The highest BCUT2D eigenvalue weighted by Gasteiger charge is 2.31. The summed E-state index contributed by atoms with van der Waals surface area (Å²) in [5.74, 6) is -0.385. The first-order chi connectivity index (χ1) is 14.7. The molecule has 0 radical (unpaired) electrons. The predicted molar refractivity (Wildman–Crippen MR) is 120 cm³/mol. The summed E-state index contributed by atoms with van der Waals surface area (Å²) in [7, 11) is 2.92. The molecule has 2 aromatic rings. The van der Waals surface area contributed by atoms with E-state index < -0.39 is 16.7 Å². The van der Waals surface area contributed by atoms with Crippen molar-refractivity contribution in [2.75, 3.05) is 14.2 Å². The van der Waals surface area contributed by atoms with Gasteiger partial charge in [0.2, 0.25) is 0 Å². The normalized spacial score (nSPS) is 15.1. The number of methoxy groups -OCH3 is 1. The molecule has 9 nitrogen and oxygen atoms in total. The monoisotopic (exact) mass is 505 g/mol. The van der Waals surface area contributed by atoms with Crippen molar-refractivity contribution in [3.63, 3.8) is 0 Å². The van der Waals surface area contributed by atoms with Crippen LogP contribution in [0.25, 0.3) is 6.08 Å². The Balaban J connectivity index is 1.87. The third-order valence-corrected chi connectivity index (χ3v) is 5.47. The molecule has 1 aliphatic heterocycles. The van der Waals surface area contributed by atoms with Crippen LogP contribution in [-0.2, 0) is 16.2 Å². The van der Waals surface area contributed by atoms with E-state index in [2.05, 4.69) is 21.2 Å². The molecule has 0 unspecified atom stereocenters. The summed E-state index contributed by atoms with van der Waals surface area (Å²) in [6.45, 7) is 0.0774. The lowest BCUT2D eigenvalue weighted by molar-refractivity contribution is -0.384. The van der Waals surface area contributed by atoms with E-state index in [0.717, 1.165) is 0 Å². The van der Waals surface area contributed by atoms with Crippen LogP contribution in [0.2, 0.25) is 0 Å². The molecule has 2 aromatic carbocycles. The van der Waals surface area contributed by atoms with Crippen LogP contribution in [0.4, 0.5) is 5.69 Å². The Morgan fingerprint density at radius 1 is 1.26 bits per heavy atom. The molecule has 1 heterocycles. The van der Waals surface area contributed by atoms with E-state index in [9.17, 15) is 19.7 Å². The number of nitro benzene ring substituents is 1. The van der Waals surface area contributed by atoms with Crippen molar-refractivity contribution in [1.29, 1.82) is 0 Å². The van der Waals surface area contributed by atoms with Gasteiger partial charge in [0.1, 0.15) is 12.2 Å². The number of nitrogens with one attached hydrogen (secondary N) is 1. The van der Waals surface area contributed by atoms with Crippen LogP contribution in [0.5, 0.6) is 11.5 Å². The van der Waals surface area contributed by atoms with Crippen molar-refractivity contribution < 1.29 is 24.0 Å². The fourth-order valence-electron chi connectivity index (χ4n) is 2.76. The lowest BCUT2D eigenvalue weighted by Gasteiger charge is -2.25. The Bertz CT molecular complexity index is 1130. The maximum atomic E-state index is 12.4. The second-order valence-electron chi connectivity index (χ2n) is 6.42. The minimum atomic E-state index is -0.593. The Morgan fingerprint density at radius 2 is 2.00 bits per heavy atom. The minimum absolute atomic E-state index is 0.0314. The molecule has 0 spiro atoms. The van der Waals surface area contributed by atoms with E-state index in [1.807, 2.05) is 0 Å². The lowest BCUT2D eigenvalue weighted by atomic mass is 10.1. The highest BCUT2D eigenvalue weighted by Crippen LogP contribution is 2.35. The van der Waals surface area contributed by atoms with E-state index in [1.165, 1.54) is 37.3 Å². The van der Waals surface area contributed by atoms with Crippen molar-refractivity contribution in [2.24, 2.45) is 0 Å². The van der Waals surface area contributed by atoms with Gasteiger partial charge in [-0.05, 0) is 41.6 Å². The molecule has 1 saturated heterocycles. The smallest absolute Gasteiger partial charge is 0.269 e. The summed E-state index contributed by atoms with van der Waals surface area (Å²) >= 11 is 8.35. The molecule has 11 heteroatoms. The van der Waals surface area contributed by atoms with Crippen LogP contribution >= 0.6 is 28.1 Å². The summed E-state index contributed by atoms with van der Waals surface area (Å²) in [4.78, 5) is 36.2. The second kappa shape index (κ2) is 9.23. The summed E-state index contributed by atoms with van der Waals surface area (Å²) < 4.78 is 11.7. The topological polar surface area (TPSA) is 111 Å². The Labute approximate surface area is 190 Å². The number of halogens is 1. The number of nitro groups is 1. The van der Waals surface area contributed by atoms with Crippen LogP contribution < -0.4 is 14.8 Å². The molecule has 3 rings (SSSR count). The van der Waals surface area contributed by atoms with E-state index in [1.54, 1.807) is 24.3 Å². The molecule has 0 aromatic heterocycles. The van der Waals surface area contributed by atoms with Gasteiger partial charge in [-0.25, -0.2) is 0 Å². The molecule has 160 valence electrons. The van der Waals surface area contributed by atoms with Crippen LogP contribution in [0.1, 0.15) is 11.1 Å². The van der Waals surface area contributed by atoms with Gasteiger partial charge in [-0.3, -0.25) is 29.9 Å². The van der Waals surface area contributed by atoms with Crippen molar-refractivity contribution in [2.45, 2.75) is 6.61 Å². The maximum Gasteiger partial charge on any atom is 0.269 e. The van der Waals surface area contributed by atoms with E-state index >= 15 is 0 Å². The summed E-state index contributed by atoms with van der Waals surface area (Å²) in [5, 5.41) is 13.4. The molecule has 1 N–H and O–H groups in total. The Hall–Kier alpha value is -3.31. The average Bonchev–Trinajstić information content (AvgIpc) is 2.74. The number of rotatable bonds is 6. The first kappa shape index (κ1) is 22.4. The van der Waals surface area contributed by atoms with E-state index in [4.69, 9.17) is 21.7 Å². The standard InChI is InChI=1S/C20H16BrN3O6S/c1-23-19(26)14(18(25)22-20(23)31)7-12-8-16(29-2)17(9-15(12)21)30-10-11-4-3-5-13(6-11)24(27)28/h3-9H,10H2,1-2H3,(H,22,25,31)/b14-7-. The highest BCUT2D eigenvalue weighted by molar-refractivity contribution is 9.10. The summed E-state index contributed by atoms with van der Waals surface area (Å²) in [6, 6.07) is 9.34. The third kappa shape index (κ3) is 4.89. The molecular weight excluding hydrogens is 490 g/mol. The minimum Gasteiger partial charge on any atom is -0.493 e. The zero-order valence-electron chi connectivity index (χ0n) is 16.4. The van der Waals surface area contributed by atoms with Gasteiger partial charge in [-0.15, -0.1) is 0 Å². The van der Waals surface area contributed by atoms with Crippen molar-refractivity contribution in [1.82, 2.24) is 10.2 Å². The number of hydrogen-bond donors (Lipinski definition) is 1. The van der Waals surface area contributed by atoms with Crippen LogP contribution in [0.15, 0.2) is 46.4 Å². The lowest BCUT2D eigenvalue weighted by Crippen LogP contribution is -2.52. The number of benzene rings is 2. The molecule has 0 bridgehead atoms. The first-order valence-electron chi connectivity index (χ1n) is 8.80. The van der Waals surface area contributed by atoms with E-state index in [-0.39, 0.29) is 23.0 Å². The van der Waals surface area contributed by atoms with Gasteiger partial charge in [-0.2, -0.15) is 0 Å². The Morgan fingerprint density at radius 3 is 2.68 bits per heavy atom. The molecule has 0 saturated carbocycles. The molecule has 1 aliphatic rings. The number of thiocarbonyl (C=S) groups is 1. The van der Waals surface area contributed by atoms with Gasteiger partial charge >= 0.3 is 0 Å². The third-order valence-electron chi connectivity index (χ3n) is 4.40. The largest absolute Gasteiger partial charge is 0.493 e. The molecule has 31 heavy (non-hydrogen) atoms. The number of ether oxygens (including phenoxy) is 2.